The summed E-state index contributed by atoms with van der Waals surface area (Å²) in [4.78, 5) is 25.5. The lowest BCUT2D eigenvalue weighted by atomic mass is 10.1. The molecular formula is C17H15F3N2O8S. The van der Waals surface area contributed by atoms with Gasteiger partial charge in [0.2, 0.25) is 5.88 Å². The second-order valence-corrected chi connectivity index (χ2v) is 8.44. The van der Waals surface area contributed by atoms with E-state index in [9.17, 15) is 36.3 Å². The van der Waals surface area contributed by atoms with Crippen molar-refractivity contribution >= 4 is 10.1 Å². The van der Waals surface area contributed by atoms with Crippen LogP contribution >= 0.6 is 0 Å². The van der Waals surface area contributed by atoms with E-state index < -0.39 is 58.0 Å². The van der Waals surface area contributed by atoms with Crippen molar-refractivity contribution in [2.45, 2.75) is 36.6 Å². The number of aliphatic hydroxyl groups is 1. The minimum absolute atomic E-state index is 0.177. The smallest absolute Gasteiger partial charge is 0.476 e. The molecule has 1 aromatic heterocycles. The summed E-state index contributed by atoms with van der Waals surface area (Å²) in [6, 6.07) is 9.30. The van der Waals surface area contributed by atoms with Gasteiger partial charge >= 0.3 is 21.3 Å². The van der Waals surface area contributed by atoms with E-state index in [1.165, 1.54) is 0 Å². The number of nitrogens with zero attached hydrogens (tertiary/aromatic N) is 2. The van der Waals surface area contributed by atoms with Gasteiger partial charge in [0.1, 0.15) is 18.8 Å². The van der Waals surface area contributed by atoms with E-state index in [1.807, 2.05) is 0 Å². The average molecular weight is 464 g/mol. The minimum Gasteiger partial charge on any atom is -0.476 e. The molecule has 0 unspecified atom stereocenters. The van der Waals surface area contributed by atoms with Gasteiger partial charge in [-0.05, 0) is 5.56 Å². The topological polar surface area (TPSA) is 126 Å². The van der Waals surface area contributed by atoms with E-state index in [-0.39, 0.29) is 12.4 Å². The van der Waals surface area contributed by atoms with Gasteiger partial charge in [-0.2, -0.15) is 21.6 Å². The molecule has 2 aromatic rings. The predicted molar refractivity (Wildman–Crippen MR) is 95.8 cm³/mol. The molecule has 1 saturated heterocycles. The largest absolute Gasteiger partial charge is 0.523 e. The molecule has 31 heavy (non-hydrogen) atoms. The van der Waals surface area contributed by atoms with Crippen molar-refractivity contribution in [3.8, 4) is 5.88 Å². The number of aromatic nitrogens is 2. The molecule has 10 nitrogen and oxygen atoms in total. The van der Waals surface area contributed by atoms with Crippen LogP contribution in [0.3, 0.4) is 0 Å². The fourth-order valence-corrected chi connectivity index (χ4v) is 3.97. The van der Waals surface area contributed by atoms with Crippen LogP contribution in [0.5, 0.6) is 5.88 Å². The maximum absolute atomic E-state index is 13.1. The second-order valence-electron chi connectivity index (χ2n) is 6.87. The molecule has 2 aliphatic heterocycles. The van der Waals surface area contributed by atoms with Crippen LogP contribution in [0, 0.1) is 0 Å². The first kappa shape index (κ1) is 21.5. The number of rotatable bonds is 4. The van der Waals surface area contributed by atoms with Crippen molar-refractivity contribution in [1.82, 2.24) is 9.13 Å². The van der Waals surface area contributed by atoms with E-state index in [1.54, 1.807) is 30.3 Å². The number of hydrogen-bond donors (Lipinski definition) is 1. The molecule has 0 aliphatic carbocycles. The molecule has 4 atom stereocenters. The molecule has 1 fully saturated rings. The van der Waals surface area contributed by atoms with E-state index in [4.69, 9.17) is 9.47 Å². The Balaban J connectivity index is 1.80. The molecule has 0 amide bonds. The Morgan fingerprint density at radius 3 is 2.52 bits per heavy atom. The first-order valence-corrected chi connectivity index (χ1v) is 10.3. The zero-order valence-corrected chi connectivity index (χ0v) is 16.2. The summed E-state index contributed by atoms with van der Waals surface area (Å²) in [5.74, 6) is -0.350. The van der Waals surface area contributed by atoms with Crippen LogP contribution in [-0.4, -0.2) is 53.1 Å². The van der Waals surface area contributed by atoms with Gasteiger partial charge < -0.3 is 14.6 Å². The lowest BCUT2D eigenvalue weighted by Gasteiger charge is -2.25. The van der Waals surface area contributed by atoms with Gasteiger partial charge in [0, 0.05) is 0 Å². The molecule has 14 heteroatoms. The summed E-state index contributed by atoms with van der Waals surface area (Å²) in [5.41, 5.74) is -6.96. The first-order chi connectivity index (χ1) is 14.5. The standard InChI is InChI=1S/C17H15F3N2O8S/c18-17(19,20)31(26,27)30-14-13(24)10-8-28-12-6-11(23)21(7-9-4-2-1-3-5-9)16(25)22(12)15(14)29-10/h1-6,10,13-15,24H,7-8H2/t10-,13-,14-,15-/m1/s1. The quantitative estimate of drug-likeness (QED) is 0.493. The van der Waals surface area contributed by atoms with Crippen molar-refractivity contribution in [2.24, 2.45) is 0 Å². The lowest BCUT2D eigenvalue weighted by Crippen LogP contribution is -2.47. The van der Waals surface area contributed by atoms with Crippen molar-refractivity contribution in [3.63, 3.8) is 0 Å². The first-order valence-electron chi connectivity index (χ1n) is 8.86. The Morgan fingerprint density at radius 1 is 1.19 bits per heavy atom. The van der Waals surface area contributed by atoms with Crippen molar-refractivity contribution < 1.29 is 40.4 Å². The molecule has 2 bridgehead atoms. The number of hydrogen-bond acceptors (Lipinski definition) is 8. The summed E-state index contributed by atoms with van der Waals surface area (Å²) in [6.45, 7) is -0.630. The Labute approximate surface area is 172 Å². The van der Waals surface area contributed by atoms with Crippen molar-refractivity contribution in [3.05, 3.63) is 62.8 Å². The fraction of sp³-hybridized carbons (Fsp3) is 0.412. The van der Waals surface area contributed by atoms with E-state index in [0.29, 0.717) is 10.1 Å². The second kappa shape index (κ2) is 7.47. The molecule has 0 radical (unpaired) electrons. The van der Waals surface area contributed by atoms with Gasteiger partial charge in [0.25, 0.3) is 5.56 Å². The number of aliphatic hydroxyl groups excluding tert-OH is 1. The highest BCUT2D eigenvalue weighted by Gasteiger charge is 2.56. The summed E-state index contributed by atoms with van der Waals surface area (Å²) < 4.78 is 77.7. The minimum atomic E-state index is -6.11. The van der Waals surface area contributed by atoms with Gasteiger partial charge in [-0.3, -0.25) is 13.5 Å². The highest BCUT2D eigenvalue weighted by Crippen LogP contribution is 2.38. The molecule has 2 aliphatic rings. The zero-order chi connectivity index (χ0) is 22.6. The van der Waals surface area contributed by atoms with E-state index in [2.05, 4.69) is 4.18 Å². The normalized spacial score (nSPS) is 25.5. The Kier molecular flexibility index (Phi) is 5.20. The monoisotopic (exact) mass is 464 g/mol. The van der Waals surface area contributed by atoms with Crippen LogP contribution in [0.4, 0.5) is 13.2 Å². The molecule has 3 heterocycles. The van der Waals surface area contributed by atoms with Gasteiger partial charge in [-0.1, -0.05) is 30.3 Å². The van der Waals surface area contributed by atoms with E-state index >= 15 is 0 Å². The number of benzene rings is 1. The average Bonchev–Trinajstić information content (AvgIpc) is 2.86. The van der Waals surface area contributed by atoms with Crippen molar-refractivity contribution in [1.29, 1.82) is 0 Å². The molecule has 1 aromatic carbocycles. The Morgan fingerprint density at radius 2 is 1.87 bits per heavy atom. The SMILES string of the molecule is O=c1cc2n(c(=O)n1Cc1ccccc1)[C@@H]1O[C@H](CO2)[C@@H](O)[C@H]1OS(=O)(=O)C(F)(F)F. The van der Waals surface area contributed by atoms with Crippen molar-refractivity contribution in [2.75, 3.05) is 6.61 Å². The maximum Gasteiger partial charge on any atom is 0.523 e. The number of alkyl halides is 3. The fourth-order valence-electron chi connectivity index (χ4n) is 3.36. The third kappa shape index (κ3) is 3.75. The highest BCUT2D eigenvalue weighted by atomic mass is 32.2. The molecule has 1 N–H and O–H groups in total. The summed E-state index contributed by atoms with van der Waals surface area (Å²) >= 11 is 0. The van der Waals surface area contributed by atoms with Gasteiger partial charge in [0.15, 0.2) is 12.3 Å². The highest BCUT2D eigenvalue weighted by molar-refractivity contribution is 7.87. The molecular weight excluding hydrogens is 449 g/mol. The lowest BCUT2D eigenvalue weighted by molar-refractivity contribution is -0.0691. The van der Waals surface area contributed by atoms with Crippen LogP contribution in [0.15, 0.2) is 46.0 Å². The van der Waals surface area contributed by atoms with Gasteiger partial charge in [-0.15, -0.1) is 0 Å². The van der Waals surface area contributed by atoms with Crippen LogP contribution < -0.4 is 16.0 Å². The number of ether oxygens (including phenoxy) is 2. The van der Waals surface area contributed by atoms with Crippen LogP contribution in [-0.2, 0) is 25.6 Å². The third-order valence-electron chi connectivity index (χ3n) is 4.85. The summed E-state index contributed by atoms with van der Waals surface area (Å²) in [7, 11) is -6.11. The van der Waals surface area contributed by atoms with Gasteiger partial charge in [-0.25, -0.2) is 9.36 Å². The summed E-state index contributed by atoms with van der Waals surface area (Å²) in [5, 5.41) is 10.2. The van der Waals surface area contributed by atoms with Gasteiger partial charge in [0.05, 0.1) is 12.6 Å². The zero-order valence-electron chi connectivity index (χ0n) is 15.4. The third-order valence-corrected chi connectivity index (χ3v) is 5.90. The van der Waals surface area contributed by atoms with E-state index in [0.717, 1.165) is 10.6 Å². The molecule has 168 valence electrons. The Hall–Kier alpha value is -2.68. The van der Waals surface area contributed by atoms with Crippen LogP contribution in [0.25, 0.3) is 0 Å². The molecule has 0 saturated carbocycles. The van der Waals surface area contributed by atoms with Crippen LogP contribution in [0.1, 0.15) is 11.8 Å². The molecule has 4 rings (SSSR count). The number of halogens is 3. The maximum atomic E-state index is 13.1. The summed E-state index contributed by atoms with van der Waals surface area (Å²) in [6.07, 6.45) is -7.03. The number of fused-ring (bicyclic) bond motifs is 4. The van der Waals surface area contributed by atoms with Crippen LogP contribution in [0.2, 0.25) is 0 Å². The molecule has 0 spiro atoms. The Bertz CT molecular complexity index is 1210. The predicted octanol–water partition coefficient (Wildman–Crippen LogP) is -0.0562.